The number of nitro groups is 1. The summed E-state index contributed by atoms with van der Waals surface area (Å²) >= 11 is 0. The van der Waals surface area contributed by atoms with Crippen molar-refractivity contribution in [3.05, 3.63) is 64.4 Å². The maximum atomic E-state index is 12.4. The Morgan fingerprint density at radius 1 is 1.30 bits per heavy atom. The largest absolute Gasteiger partial charge is 0.269 e. The molecule has 0 amide bonds. The molecule has 2 rings (SSSR count). The first-order valence-corrected chi connectivity index (χ1v) is 7.02. The molecule has 0 saturated carbocycles. The number of nitrogens with zero attached hydrogens (tertiary/aromatic N) is 3. The van der Waals surface area contributed by atoms with Crippen LogP contribution in [-0.2, 0) is 10.0 Å². The van der Waals surface area contributed by atoms with Crippen LogP contribution in [-0.4, -0.2) is 22.3 Å². The molecular weight excluding hydrogens is 282 g/mol. The van der Waals surface area contributed by atoms with Gasteiger partial charge >= 0.3 is 0 Å². The lowest BCUT2D eigenvalue weighted by atomic mass is 10.2. The van der Waals surface area contributed by atoms with Crippen molar-refractivity contribution >= 4 is 16.1 Å². The van der Waals surface area contributed by atoms with Crippen LogP contribution in [0.5, 0.6) is 0 Å². The molecule has 7 nitrogen and oxygen atoms in total. The minimum Gasteiger partial charge on any atom is -0.259 e. The molecule has 8 heteroatoms. The van der Waals surface area contributed by atoms with E-state index < -0.39 is 14.9 Å². The zero-order valence-corrected chi connectivity index (χ0v) is 11.3. The number of hydrogen-bond donors (Lipinski definition) is 0. The van der Waals surface area contributed by atoms with Gasteiger partial charge in [0.2, 0.25) is 6.20 Å². The van der Waals surface area contributed by atoms with Gasteiger partial charge in [0.1, 0.15) is 0 Å². The van der Waals surface area contributed by atoms with Crippen molar-refractivity contribution < 1.29 is 13.3 Å². The third-order valence-electron chi connectivity index (χ3n) is 2.56. The SMILES string of the molecule is Cc1ccc(S(=O)(=O)n2ccnc2C=C[N+](=O)[O-])cc1. The van der Waals surface area contributed by atoms with Gasteiger partial charge in [-0.05, 0) is 19.1 Å². The molecular formula is C12H11N3O4S. The molecule has 0 aliphatic carbocycles. The van der Waals surface area contributed by atoms with Gasteiger partial charge in [-0.1, -0.05) is 17.7 Å². The Balaban J connectivity index is 2.48. The minimum absolute atomic E-state index is 0.0257. The van der Waals surface area contributed by atoms with Gasteiger partial charge in [0.15, 0.2) is 5.82 Å². The highest BCUT2D eigenvalue weighted by atomic mass is 32.2. The summed E-state index contributed by atoms with van der Waals surface area (Å²) in [6.07, 6.45) is 4.19. The second-order valence-electron chi connectivity index (χ2n) is 4.00. The molecule has 0 radical (unpaired) electrons. The number of benzene rings is 1. The van der Waals surface area contributed by atoms with Gasteiger partial charge in [0.05, 0.1) is 15.9 Å². The second kappa shape index (κ2) is 5.25. The first-order valence-electron chi connectivity index (χ1n) is 5.58. The van der Waals surface area contributed by atoms with Crippen LogP contribution in [0.2, 0.25) is 0 Å². The summed E-state index contributed by atoms with van der Waals surface area (Å²) in [5.41, 5.74) is 0.933. The number of hydrogen-bond acceptors (Lipinski definition) is 5. The van der Waals surface area contributed by atoms with Crippen molar-refractivity contribution in [3.8, 4) is 0 Å². The molecule has 1 heterocycles. The molecule has 0 aliphatic heterocycles. The Bertz CT molecular complexity index is 760. The Kier molecular flexibility index (Phi) is 3.66. The van der Waals surface area contributed by atoms with E-state index in [4.69, 9.17) is 0 Å². The summed E-state index contributed by atoms with van der Waals surface area (Å²) in [7, 11) is -3.81. The summed E-state index contributed by atoms with van der Waals surface area (Å²) < 4.78 is 25.7. The fourth-order valence-electron chi connectivity index (χ4n) is 1.57. The zero-order valence-electron chi connectivity index (χ0n) is 10.5. The Morgan fingerprint density at radius 3 is 2.55 bits per heavy atom. The molecule has 0 spiro atoms. The molecule has 104 valence electrons. The van der Waals surface area contributed by atoms with E-state index in [0.29, 0.717) is 6.20 Å². The average Bonchev–Trinajstić information content (AvgIpc) is 2.86. The highest BCUT2D eigenvalue weighted by molar-refractivity contribution is 7.90. The van der Waals surface area contributed by atoms with Crippen molar-refractivity contribution in [2.45, 2.75) is 11.8 Å². The monoisotopic (exact) mass is 293 g/mol. The van der Waals surface area contributed by atoms with E-state index in [2.05, 4.69) is 4.98 Å². The zero-order chi connectivity index (χ0) is 14.8. The van der Waals surface area contributed by atoms with Crippen LogP contribution >= 0.6 is 0 Å². The van der Waals surface area contributed by atoms with Crippen LogP contribution in [0, 0.1) is 17.0 Å². The van der Waals surface area contributed by atoms with Crippen LogP contribution < -0.4 is 0 Å². The van der Waals surface area contributed by atoms with E-state index in [1.54, 1.807) is 12.1 Å². The summed E-state index contributed by atoms with van der Waals surface area (Å²) in [4.78, 5) is 13.5. The Labute approximate surface area is 115 Å². The van der Waals surface area contributed by atoms with E-state index in [9.17, 15) is 18.5 Å². The van der Waals surface area contributed by atoms with Crippen LogP contribution in [0.1, 0.15) is 11.4 Å². The lowest BCUT2D eigenvalue weighted by molar-refractivity contribution is -0.401. The maximum absolute atomic E-state index is 12.4. The Morgan fingerprint density at radius 2 is 1.95 bits per heavy atom. The first kappa shape index (κ1) is 13.9. The van der Waals surface area contributed by atoms with Gasteiger partial charge in [-0.2, -0.15) is 0 Å². The normalized spacial score (nSPS) is 11.8. The van der Waals surface area contributed by atoms with Gasteiger partial charge in [0.25, 0.3) is 10.0 Å². The number of imidazole rings is 1. The average molecular weight is 293 g/mol. The van der Waals surface area contributed by atoms with Gasteiger partial charge in [0, 0.05) is 12.4 Å². The smallest absolute Gasteiger partial charge is 0.259 e. The van der Waals surface area contributed by atoms with Crippen LogP contribution in [0.25, 0.3) is 6.08 Å². The molecule has 0 fully saturated rings. The third-order valence-corrected chi connectivity index (χ3v) is 4.25. The topological polar surface area (TPSA) is 95.1 Å². The van der Waals surface area contributed by atoms with Crippen molar-refractivity contribution in [2.75, 3.05) is 0 Å². The van der Waals surface area contributed by atoms with Gasteiger partial charge in [-0.15, -0.1) is 0 Å². The van der Waals surface area contributed by atoms with Gasteiger partial charge < -0.3 is 0 Å². The quantitative estimate of drug-likeness (QED) is 0.631. The molecule has 1 aromatic carbocycles. The second-order valence-corrected chi connectivity index (χ2v) is 5.82. The fourth-order valence-corrected chi connectivity index (χ4v) is 2.85. The summed E-state index contributed by atoms with van der Waals surface area (Å²) in [6.45, 7) is 1.85. The molecule has 0 saturated heterocycles. The van der Waals surface area contributed by atoms with E-state index in [1.165, 1.54) is 24.5 Å². The van der Waals surface area contributed by atoms with E-state index in [0.717, 1.165) is 15.6 Å². The first-order chi connectivity index (χ1) is 9.41. The van der Waals surface area contributed by atoms with Gasteiger partial charge in [-0.25, -0.2) is 17.4 Å². The third kappa shape index (κ3) is 2.75. The lowest BCUT2D eigenvalue weighted by Crippen LogP contribution is -2.13. The van der Waals surface area contributed by atoms with Gasteiger partial charge in [-0.3, -0.25) is 10.1 Å². The van der Waals surface area contributed by atoms with Crippen LogP contribution in [0.4, 0.5) is 0 Å². The lowest BCUT2D eigenvalue weighted by Gasteiger charge is -2.07. The standard InChI is InChI=1S/C12H11N3O4S/c1-10-2-4-11(5-3-10)20(18,19)14-9-7-13-12(14)6-8-15(16)17/h2-9H,1H3. The molecule has 1 aromatic heterocycles. The summed E-state index contributed by atoms with van der Waals surface area (Å²) in [5.74, 6) is -0.0257. The number of rotatable bonds is 4. The minimum atomic E-state index is -3.81. The number of aromatic nitrogens is 2. The molecule has 0 N–H and O–H groups in total. The molecule has 2 aromatic rings. The van der Waals surface area contributed by atoms with Crippen molar-refractivity contribution in [1.82, 2.24) is 8.96 Å². The van der Waals surface area contributed by atoms with Crippen molar-refractivity contribution in [1.29, 1.82) is 0 Å². The molecule has 0 unspecified atom stereocenters. The predicted octanol–water partition coefficient (Wildman–Crippen LogP) is 1.68. The van der Waals surface area contributed by atoms with Crippen molar-refractivity contribution in [2.24, 2.45) is 0 Å². The Hall–Kier alpha value is -2.48. The summed E-state index contributed by atoms with van der Waals surface area (Å²) in [6, 6.07) is 6.31. The van der Waals surface area contributed by atoms with Crippen LogP contribution in [0.15, 0.2) is 47.8 Å². The maximum Gasteiger partial charge on any atom is 0.269 e. The summed E-state index contributed by atoms with van der Waals surface area (Å²) in [5, 5.41) is 10.3. The van der Waals surface area contributed by atoms with Crippen molar-refractivity contribution in [3.63, 3.8) is 0 Å². The van der Waals surface area contributed by atoms with Crippen LogP contribution in [0.3, 0.4) is 0 Å². The highest BCUT2D eigenvalue weighted by Crippen LogP contribution is 2.16. The van der Waals surface area contributed by atoms with E-state index >= 15 is 0 Å². The molecule has 20 heavy (non-hydrogen) atoms. The van der Waals surface area contributed by atoms with E-state index in [1.807, 2.05) is 6.92 Å². The highest BCUT2D eigenvalue weighted by Gasteiger charge is 2.19. The molecule has 0 bridgehead atoms. The molecule has 0 atom stereocenters. The van der Waals surface area contributed by atoms with E-state index in [-0.39, 0.29) is 10.7 Å². The fraction of sp³-hybridized carbons (Fsp3) is 0.0833. The molecule has 0 aliphatic rings. The number of aryl methyl sites for hydroxylation is 1. The predicted molar refractivity (Wildman–Crippen MR) is 72.0 cm³/mol.